The van der Waals surface area contributed by atoms with Crippen molar-refractivity contribution >= 4 is 159 Å². The topological polar surface area (TPSA) is 577 Å². The monoisotopic (exact) mass is 1860 g/mol. The van der Waals surface area contributed by atoms with Gasteiger partial charge in [0.25, 0.3) is 11.1 Å². The first kappa shape index (κ1) is 91.3. The van der Waals surface area contributed by atoms with Crippen molar-refractivity contribution in [1.82, 2.24) is 78.1 Å². The molecular weight excluding hydrogens is 1780 g/mol. The number of nitrogens with one attached hydrogen (secondary N) is 2. The minimum absolute atomic E-state index is 0.00747. The Labute approximate surface area is 697 Å². The molecule has 0 amide bonds. The molecule has 0 bridgehead atoms. The molecule has 0 radical (unpaired) electrons. The molecule has 6 fully saturated rings. The fourth-order valence-corrected chi connectivity index (χ4v) is 23.3. The highest BCUT2D eigenvalue weighted by atomic mass is 32.7. The van der Waals surface area contributed by atoms with Gasteiger partial charge in [0.15, 0.2) is 94.9 Å². The maximum absolute atomic E-state index is 16.9. The number of rotatable bonds is 16. The number of anilines is 3. The highest BCUT2D eigenvalue weighted by molar-refractivity contribution is 8.56. The first-order valence-corrected chi connectivity index (χ1v) is 48.9. The van der Waals surface area contributed by atoms with Crippen LogP contribution in [0.15, 0.2) is 53.9 Å². The van der Waals surface area contributed by atoms with Crippen molar-refractivity contribution in [2.45, 2.75) is 182 Å². The summed E-state index contributed by atoms with van der Waals surface area (Å²) < 4.78 is 223. The number of aromatic amines is 2. The number of imidazole rings is 4. The van der Waals surface area contributed by atoms with Crippen LogP contribution in [0.25, 0.3) is 44.7 Å². The zero-order chi connectivity index (χ0) is 87.6. The lowest BCUT2D eigenvalue weighted by molar-refractivity contribution is -0.151. The number of fused-ring (bicyclic) bond motifs is 8. The molecule has 8 N–H and O–H groups in total. The van der Waals surface area contributed by atoms with E-state index < -0.39 is 232 Å². The number of H-pyrrole nitrogens is 2. The third-order valence-corrected chi connectivity index (χ3v) is 31.8. The van der Waals surface area contributed by atoms with Gasteiger partial charge < -0.3 is 60.1 Å². The molecule has 6 aliphatic heterocycles. The van der Waals surface area contributed by atoms with Crippen LogP contribution in [0.4, 0.5) is 35.1 Å². The van der Waals surface area contributed by atoms with E-state index in [1.54, 1.807) is 83.1 Å². The summed E-state index contributed by atoms with van der Waals surface area (Å²) in [6.45, 7) is -2.95. The highest BCUT2D eigenvalue weighted by Crippen LogP contribution is 2.69. The summed E-state index contributed by atoms with van der Waals surface area (Å²) in [5.41, 5.74) is 12.2. The number of nitrogen functional groups attached to an aromatic ring is 3. The number of aromatic nitrogens is 16. The molecule has 57 heteroatoms. The number of hydrogen-bond donors (Lipinski definition) is 5. The second kappa shape index (κ2) is 35.6. The molecule has 8 aromatic heterocycles. The van der Waals surface area contributed by atoms with Crippen molar-refractivity contribution < 1.29 is 129 Å². The molecule has 121 heavy (non-hydrogen) atoms. The molecule has 14 rings (SSSR count). The van der Waals surface area contributed by atoms with Crippen LogP contribution in [0.5, 0.6) is 0 Å². The van der Waals surface area contributed by atoms with E-state index in [1.165, 1.54) is 21.8 Å². The summed E-state index contributed by atoms with van der Waals surface area (Å²) in [6.07, 6.45) is -21.2. The van der Waals surface area contributed by atoms with E-state index in [4.69, 9.17) is 91.3 Å². The average molecular weight is 1860 g/mol. The molecule has 6 aliphatic rings. The quantitative estimate of drug-likeness (QED) is 0.0198. The Morgan fingerprint density at radius 3 is 0.992 bits per heavy atom. The van der Waals surface area contributed by atoms with Crippen LogP contribution in [0.3, 0.4) is 0 Å². The number of nitrogens with zero attached hydrogens (tertiary/aromatic N) is 14. The van der Waals surface area contributed by atoms with E-state index in [0.29, 0.717) is 45.5 Å². The fourth-order valence-electron chi connectivity index (χ4n) is 12.1. The number of halogens is 4. The van der Waals surface area contributed by atoms with Crippen LogP contribution in [0, 0.1) is 21.7 Å². The van der Waals surface area contributed by atoms with E-state index in [2.05, 4.69) is 59.8 Å². The second-order valence-corrected chi connectivity index (χ2v) is 47.4. The highest BCUT2D eigenvalue weighted by Gasteiger charge is 2.59. The zero-order valence-electron chi connectivity index (χ0n) is 66.0. The molecule has 0 spiro atoms. The smallest absolute Gasteiger partial charge is 0.392 e. The van der Waals surface area contributed by atoms with Gasteiger partial charge in [0.05, 0.1) is 79.7 Å². The Kier molecular flexibility index (Phi) is 26.9. The Morgan fingerprint density at radius 1 is 0.421 bits per heavy atom. The molecule has 14 heterocycles. The predicted molar refractivity (Wildman–Crippen MR) is 421 cm³/mol. The molecule has 0 aliphatic carbocycles. The van der Waals surface area contributed by atoms with E-state index in [-0.39, 0.29) is 62.2 Å². The molecule has 6 saturated heterocycles. The van der Waals surface area contributed by atoms with Gasteiger partial charge in [0, 0.05) is 45.5 Å². The van der Waals surface area contributed by atoms with Gasteiger partial charge >= 0.3 is 51.1 Å². The Hall–Kier alpha value is -7.36. The molecule has 0 aromatic carbocycles. The lowest BCUT2D eigenvalue weighted by Crippen LogP contribution is -2.37. The van der Waals surface area contributed by atoms with Crippen molar-refractivity contribution in [3.05, 3.63) is 65.0 Å². The van der Waals surface area contributed by atoms with Crippen LogP contribution in [-0.2, 0) is 112 Å². The normalized spacial score (nSPS) is 31.4. The molecule has 662 valence electrons. The number of carbonyl (C=O) groups is 4. The van der Waals surface area contributed by atoms with Crippen LogP contribution in [0.1, 0.15) is 108 Å². The van der Waals surface area contributed by atoms with Gasteiger partial charge in [-0.1, -0.05) is 0 Å². The molecule has 20 atom stereocenters. The first-order valence-electron chi connectivity index (χ1n) is 36.4. The SMILES string of the molecule is CC(C)(C)C(=O)OCSP1(=O)OCC2OC(n3cnc4c(=O)[nH]c(N)nc43)[C@H](F)[C@@H]2OP(=O)(SCOC(=O)C(C)(C)C)OCC2OC(n3cnc4c(N)ncnc43)[C@H](F)[C@@H]2O1.CC(C)(C)C(=O)OCSP1(=O)OCC2OC(n3cnc4c(=O)[nH]cnc43)[C@H](F)[C@@H]2OP(=O)(SCOC(=O)C(C)(C)C)OCC2OC(n3cnc4c(N)ncnc43)[C@H](F)[C@@H]2O1. The van der Waals surface area contributed by atoms with Crippen molar-refractivity contribution in [1.29, 1.82) is 0 Å². The van der Waals surface area contributed by atoms with Crippen LogP contribution >= 0.6 is 72.7 Å². The van der Waals surface area contributed by atoms with Crippen molar-refractivity contribution in [3.8, 4) is 0 Å². The largest absolute Gasteiger partial charge is 0.454 e. The fraction of sp³-hybridized carbons (Fsp3) is 0.625. The number of ether oxygens (including phenoxy) is 8. The maximum Gasteiger partial charge on any atom is 0.392 e. The number of alkyl halides is 4. The zero-order valence-corrected chi connectivity index (χ0v) is 72.8. The minimum atomic E-state index is -4.72. The Balaban J connectivity index is 0.000000209. The third-order valence-electron chi connectivity index (χ3n) is 18.4. The summed E-state index contributed by atoms with van der Waals surface area (Å²) in [5, 5.41) is 0. The Bertz CT molecular complexity index is 5540. The van der Waals surface area contributed by atoms with E-state index >= 15 is 17.6 Å². The maximum atomic E-state index is 16.9. The third kappa shape index (κ3) is 20.0. The summed E-state index contributed by atoms with van der Waals surface area (Å²) in [7, 11) is 0. The van der Waals surface area contributed by atoms with Gasteiger partial charge in [-0.05, 0) is 83.1 Å². The minimum Gasteiger partial charge on any atom is -0.454 e. The lowest BCUT2D eigenvalue weighted by atomic mass is 9.98. The van der Waals surface area contributed by atoms with E-state index in [1.807, 2.05) is 0 Å². The van der Waals surface area contributed by atoms with Gasteiger partial charge in [-0.15, -0.1) is 0 Å². The Morgan fingerprint density at radius 2 is 0.694 bits per heavy atom. The first-order chi connectivity index (χ1) is 56.7. The molecule has 45 nitrogen and oxygen atoms in total. The van der Waals surface area contributed by atoms with Crippen LogP contribution in [0.2, 0.25) is 0 Å². The van der Waals surface area contributed by atoms with E-state index in [0.717, 1.165) is 40.8 Å². The number of nitrogens with two attached hydrogens (primary N) is 3. The average Bonchev–Trinajstić information content (AvgIpc) is 1.62. The standard InChI is InChI=1S/C32H42F2N10O13P2S2.C32H41F2N9O13P2S2/c1-31(2,3)28(46)50-12-60-58(48)53-8-15-21(17(34)27(55-15)44-11-40-19-24(44)41-30(36)42-25(19)45)57-59(49,61-13-51-29(47)32(4,5)6)52-7-14-20(56-58)16(33)26(54-14)43-10-39-18-22(35)37-9-38-23(18)43;1-31(2,3)29(45)49-13-59-57(47)52-8-16-22(18(34)28(54-16)43-12-41-20-25(43)38-10-39-26(20)44)56-58(48,60-14-50-30(46)32(4,5)6)51-7-15-21(55-57)17(33)27(53-15)42-11-40-19-23(35)36-9-37-24(19)42/h9-11,14-17,20-21,26-27H,7-8,12-13H2,1-6H3,(H2,35,37,38)(H3,36,41,42,45);9-12,15-18,21-22,27-28H,7-8,13-14H2,1-6H3,(H2,35,36,37)(H,38,39,44)/t14?,15?,16-,17-,20-,21-,26?,27?,58?,59?;15?,16?,17-,18-,21-,22-,27?,28?,57?,58?/m11/s1. The van der Waals surface area contributed by atoms with Crippen LogP contribution in [-0.4, -0.2) is 226 Å². The van der Waals surface area contributed by atoms with Gasteiger partial charge in [0.1, 0.15) is 96.3 Å². The number of esters is 4. The number of hydrogen-bond acceptors (Lipinski definition) is 43. The molecule has 0 saturated carbocycles. The number of carbonyl (C=O) groups excluding carboxylic acids is 4. The molecule has 8 aromatic rings. The molecule has 12 unspecified atom stereocenters. The van der Waals surface area contributed by atoms with Crippen molar-refractivity contribution in [3.63, 3.8) is 0 Å². The van der Waals surface area contributed by atoms with Crippen molar-refractivity contribution in [2.75, 3.05) is 67.4 Å². The van der Waals surface area contributed by atoms with Gasteiger partial charge in [-0.25, -0.2) is 80.7 Å². The summed E-state index contributed by atoms with van der Waals surface area (Å²) in [6, 6.07) is 0. The summed E-state index contributed by atoms with van der Waals surface area (Å²) >= 11 is 1.52. The van der Waals surface area contributed by atoms with Crippen LogP contribution < -0.4 is 28.3 Å². The predicted octanol–water partition coefficient (Wildman–Crippen LogP) is 8.79. The van der Waals surface area contributed by atoms with Gasteiger partial charge in [-0.2, -0.15) is 4.98 Å². The summed E-state index contributed by atoms with van der Waals surface area (Å²) in [4.78, 5) is 121. The molecular formula is C64H83F4N19O26P4S4. The van der Waals surface area contributed by atoms with Crippen molar-refractivity contribution in [2.24, 2.45) is 21.7 Å². The van der Waals surface area contributed by atoms with Gasteiger partial charge in [0.2, 0.25) is 5.95 Å². The second-order valence-electron chi connectivity index (χ2n) is 31.5. The lowest BCUT2D eigenvalue weighted by Gasteiger charge is -2.30. The van der Waals surface area contributed by atoms with Gasteiger partial charge in [-0.3, -0.25) is 88.2 Å². The van der Waals surface area contributed by atoms with E-state index in [9.17, 15) is 47.0 Å². The summed E-state index contributed by atoms with van der Waals surface area (Å²) in [5.74, 6) is -5.43.